The highest BCUT2D eigenvalue weighted by molar-refractivity contribution is 4.96. The number of hydrogen-bond donors (Lipinski definition) is 1. The van der Waals surface area contributed by atoms with E-state index in [1.54, 1.807) is 7.11 Å². The largest absolute Gasteiger partial charge is 0.383 e. The van der Waals surface area contributed by atoms with Gasteiger partial charge in [-0.1, -0.05) is 0 Å². The Labute approximate surface area is 93.2 Å². The van der Waals surface area contributed by atoms with Gasteiger partial charge in [0.15, 0.2) is 0 Å². The first-order valence-electron chi connectivity index (χ1n) is 6.21. The van der Waals surface area contributed by atoms with E-state index >= 15 is 0 Å². The molecule has 1 aliphatic heterocycles. The van der Waals surface area contributed by atoms with Gasteiger partial charge in [-0.3, -0.25) is 4.90 Å². The van der Waals surface area contributed by atoms with Crippen LogP contribution >= 0.6 is 0 Å². The number of nitrogens with zero attached hydrogens (tertiary/aromatic N) is 1. The molecule has 1 N–H and O–H groups in total. The Morgan fingerprint density at radius 2 is 2.20 bits per heavy atom. The van der Waals surface area contributed by atoms with Crippen LogP contribution in [0.4, 0.5) is 0 Å². The average molecular weight is 212 g/mol. The Morgan fingerprint density at radius 3 is 2.80 bits per heavy atom. The molecule has 3 atom stereocenters. The van der Waals surface area contributed by atoms with Crippen molar-refractivity contribution in [2.45, 2.75) is 57.3 Å². The van der Waals surface area contributed by atoms with Gasteiger partial charge in [0.05, 0.1) is 6.61 Å². The summed E-state index contributed by atoms with van der Waals surface area (Å²) >= 11 is 0. The highest BCUT2D eigenvalue weighted by atomic mass is 16.5. The molecule has 0 aromatic heterocycles. The minimum atomic E-state index is 0.478. The van der Waals surface area contributed by atoms with Gasteiger partial charge in [0.25, 0.3) is 0 Å². The second-order valence-electron chi connectivity index (χ2n) is 5.23. The molecule has 0 spiro atoms. The fraction of sp³-hybridized carbons (Fsp3) is 1.00. The second kappa shape index (κ2) is 4.81. The Bertz CT molecular complexity index is 206. The van der Waals surface area contributed by atoms with Crippen LogP contribution in [0.3, 0.4) is 0 Å². The summed E-state index contributed by atoms with van der Waals surface area (Å²) in [5.74, 6) is 0. The lowest BCUT2D eigenvalue weighted by Crippen LogP contribution is -2.41. The van der Waals surface area contributed by atoms with Gasteiger partial charge >= 0.3 is 0 Å². The summed E-state index contributed by atoms with van der Waals surface area (Å²) in [5, 5.41) is 3.66. The van der Waals surface area contributed by atoms with Crippen LogP contribution in [0.1, 0.15) is 33.1 Å². The normalized spacial score (nSPS) is 34.6. The van der Waals surface area contributed by atoms with E-state index in [0.717, 1.165) is 18.7 Å². The molecule has 0 bridgehead atoms. The lowest BCUT2D eigenvalue weighted by atomic mass is 10.2. The molecule has 1 aliphatic carbocycles. The number of hydrogen-bond acceptors (Lipinski definition) is 3. The SMILES string of the molecule is COCC(C)NC1CC(C)N(C2CC2)C1. The van der Waals surface area contributed by atoms with E-state index in [9.17, 15) is 0 Å². The summed E-state index contributed by atoms with van der Waals surface area (Å²) in [6, 6.07) is 2.83. The lowest BCUT2D eigenvalue weighted by Gasteiger charge is -2.21. The third-order valence-electron chi connectivity index (χ3n) is 3.58. The van der Waals surface area contributed by atoms with Crippen LogP contribution in [0.2, 0.25) is 0 Å². The zero-order chi connectivity index (χ0) is 10.8. The van der Waals surface area contributed by atoms with Crippen molar-refractivity contribution in [2.75, 3.05) is 20.3 Å². The zero-order valence-electron chi connectivity index (χ0n) is 10.2. The summed E-state index contributed by atoms with van der Waals surface area (Å²) in [4.78, 5) is 2.68. The van der Waals surface area contributed by atoms with Crippen LogP contribution in [0.15, 0.2) is 0 Å². The monoisotopic (exact) mass is 212 g/mol. The van der Waals surface area contributed by atoms with E-state index < -0.39 is 0 Å². The Hall–Kier alpha value is -0.120. The molecule has 1 heterocycles. The van der Waals surface area contributed by atoms with E-state index in [1.165, 1.54) is 25.8 Å². The standard InChI is InChI=1S/C12H24N2O/c1-9(8-15-3)13-11-6-10(2)14(7-11)12-4-5-12/h9-13H,4-8H2,1-3H3. The highest BCUT2D eigenvalue weighted by Gasteiger charge is 2.38. The Balaban J connectivity index is 1.75. The molecule has 3 heteroatoms. The van der Waals surface area contributed by atoms with Gasteiger partial charge in [0.2, 0.25) is 0 Å². The number of nitrogens with one attached hydrogen (secondary N) is 1. The summed E-state index contributed by atoms with van der Waals surface area (Å²) < 4.78 is 5.15. The first-order valence-corrected chi connectivity index (χ1v) is 6.21. The van der Waals surface area contributed by atoms with Crippen LogP contribution in [0, 0.1) is 0 Å². The van der Waals surface area contributed by atoms with Crippen LogP contribution in [-0.4, -0.2) is 49.3 Å². The van der Waals surface area contributed by atoms with Crippen LogP contribution in [-0.2, 0) is 4.74 Å². The minimum Gasteiger partial charge on any atom is -0.383 e. The van der Waals surface area contributed by atoms with Gasteiger partial charge in [0, 0.05) is 37.8 Å². The molecule has 88 valence electrons. The molecule has 1 saturated heterocycles. The maximum atomic E-state index is 5.15. The second-order valence-corrected chi connectivity index (χ2v) is 5.23. The van der Waals surface area contributed by atoms with Gasteiger partial charge in [-0.2, -0.15) is 0 Å². The van der Waals surface area contributed by atoms with Gasteiger partial charge < -0.3 is 10.1 Å². The Morgan fingerprint density at radius 1 is 1.47 bits per heavy atom. The summed E-state index contributed by atoms with van der Waals surface area (Å²) in [5.41, 5.74) is 0. The van der Waals surface area contributed by atoms with Crippen molar-refractivity contribution >= 4 is 0 Å². The molecule has 0 aromatic rings. The number of rotatable bonds is 5. The molecule has 3 unspecified atom stereocenters. The predicted octanol–water partition coefficient (Wildman–Crippen LogP) is 1.24. The molecule has 3 nitrogen and oxygen atoms in total. The zero-order valence-corrected chi connectivity index (χ0v) is 10.2. The smallest absolute Gasteiger partial charge is 0.0613 e. The van der Waals surface area contributed by atoms with Crippen LogP contribution < -0.4 is 5.32 Å². The summed E-state index contributed by atoms with van der Waals surface area (Å²) in [6.45, 7) is 6.61. The molecular weight excluding hydrogens is 188 g/mol. The molecule has 15 heavy (non-hydrogen) atoms. The summed E-state index contributed by atoms with van der Waals surface area (Å²) in [6.07, 6.45) is 4.14. The molecule has 2 aliphatic rings. The van der Waals surface area contributed by atoms with Gasteiger partial charge in [0.1, 0.15) is 0 Å². The van der Waals surface area contributed by atoms with Crippen LogP contribution in [0.5, 0.6) is 0 Å². The first kappa shape index (κ1) is 11.4. The Kier molecular flexibility index (Phi) is 3.65. The molecule has 0 aromatic carbocycles. The first-order chi connectivity index (χ1) is 7.20. The van der Waals surface area contributed by atoms with Crippen molar-refractivity contribution in [1.82, 2.24) is 10.2 Å². The van der Waals surface area contributed by atoms with Crippen molar-refractivity contribution in [3.63, 3.8) is 0 Å². The van der Waals surface area contributed by atoms with Crippen molar-refractivity contribution < 1.29 is 4.74 Å². The van der Waals surface area contributed by atoms with Crippen molar-refractivity contribution in [1.29, 1.82) is 0 Å². The number of ether oxygens (including phenoxy) is 1. The molecule has 0 amide bonds. The maximum absolute atomic E-state index is 5.15. The fourth-order valence-electron chi connectivity index (χ4n) is 2.79. The average Bonchev–Trinajstić information content (AvgIpc) is 2.93. The molecule has 1 saturated carbocycles. The van der Waals surface area contributed by atoms with E-state index in [1.807, 2.05) is 0 Å². The number of methoxy groups -OCH3 is 1. The molecule has 0 radical (unpaired) electrons. The van der Waals surface area contributed by atoms with E-state index in [2.05, 4.69) is 24.1 Å². The van der Waals surface area contributed by atoms with Crippen molar-refractivity contribution in [3.8, 4) is 0 Å². The summed E-state index contributed by atoms with van der Waals surface area (Å²) in [7, 11) is 1.77. The minimum absolute atomic E-state index is 0.478. The topological polar surface area (TPSA) is 24.5 Å². The van der Waals surface area contributed by atoms with Crippen molar-refractivity contribution in [2.24, 2.45) is 0 Å². The molecule has 2 fully saturated rings. The molecule has 2 rings (SSSR count). The number of likely N-dealkylation sites (tertiary alicyclic amines) is 1. The van der Waals surface area contributed by atoms with E-state index in [4.69, 9.17) is 4.74 Å². The lowest BCUT2D eigenvalue weighted by molar-refractivity contribution is 0.166. The van der Waals surface area contributed by atoms with E-state index in [-0.39, 0.29) is 0 Å². The van der Waals surface area contributed by atoms with Gasteiger partial charge in [-0.25, -0.2) is 0 Å². The highest BCUT2D eigenvalue weighted by Crippen LogP contribution is 2.33. The quantitative estimate of drug-likeness (QED) is 0.742. The van der Waals surface area contributed by atoms with Gasteiger partial charge in [-0.05, 0) is 33.1 Å². The molecular formula is C12H24N2O. The maximum Gasteiger partial charge on any atom is 0.0613 e. The third kappa shape index (κ3) is 2.92. The van der Waals surface area contributed by atoms with Gasteiger partial charge in [-0.15, -0.1) is 0 Å². The third-order valence-corrected chi connectivity index (χ3v) is 3.58. The van der Waals surface area contributed by atoms with Crippen molar-refractivity contribution in [3.05, 3.63) is 0 Å². The fourth-order valence-corrected chi connectivity index (χ4v) is 2.79. The predicted molar refractivity (Wildman–Crippen MR) is 62.1 cm³/mol. The van der Waals surface area contributed by atoms with E-state index in [0.29, 0.717) is 12.1 Å². The van der Waals surface area contributed by atoms with Crippen LogP contribution in [0.25, 0.3) is 0 Å².